The van der Waals surface area contributed by atoms with Crippen LogP contribution in [0.25, 0.3) is 0 Å². The van der Waals surface area contributed by atoms with Crippen LogP contribution < -0.4 is 10.2 Å². The summed E-state index contributed by atoms with van der Waals surface area (Å²) in [4.78, 5) is 6.87. The summed E-state index contributed by atoms with van der Waals surface area (Å²) < 4.78 is 3.36. The van der Waals surface area contributed by atoms with Crippen molar-refractivity contribution in [1.29, 1.82) is 0 Å². The molecule has 21 heavy (non-hydrogen) atoms. The molecule has 0 saturated heterocycles. The molecule has 1 aromatic carbocycles. The van der Waals surface area contributed by atoms with E-state index in [4.69, 9.17) is 0 Å². The Bertz CT molecular complexity index is 620. The fourth-order valence-electron chi connectivity index (χ4n) is 2.67. The summed E-state index contributed by atoms with van der Waals surface area (Å²) in [6, 6.07) is 7.03. The first-order chi connectivity index (χ1) is 10.1. The van der Waals surface area contributed by atoms with Crippen LogP contribution in [0.3, 0.4) is 0 Å². The van der Waals surface area contributed by atoms with Gasteiger partial charge >= 0.3 is 0 Å². The first-order valence-electron chi connectivity index (χ1n) is 7.40. The van der Waals surface area contributed by atoms with E-state index >= 15 is 0 Å². The quantitative estimate of drug-likeness (QED) is 0.921. The summed E-state index contributed by atoms with van der Waals surface area (Å²) in [5.74, 6) is 1.14. The second-order valence-corrected chi connectivity index (χ2v) is 6.68. The zero-order chi connectivity index (χ0) is 14.8. The van der Waals surface area contributed by atoms with Gasteiger partial charge in [-0.2, -0.15) is 0 Å². The van der Waals surface area contributed by atoms with E-state index in [1.165, 1.54) is 11.3 Å². The number of imidazole rings is 1. The second-order valence-electron chi connectivity index (χ2n) is 5.77. The third-order valence-electron chi connectivity index (χ3n) is 3.83. The fourth-order valence-corrected chi connectivity index (χ4v) is 3.02. The zero-order valence-corrected chi connectivity index (χ0v) is 14.1. The minimum atomic E-state index is 0.488. The van der Waals surface area contributed by atoms with E-state index in [1.807, 2.05) is 6.20 Å². The van der Waals surface area contributed by atoms with E-state index in [0.29, 0.717) is 6.04 Å². The van der Waals surface area contributed by atoms with E-state index in [-0.39, 0.29) is 0 Å². The molecule has 2 aromatic rings. The molecule has 0 spiro atoms. The predicted molar refractivity (Wildman–Crippen MR) is 89.4 cm³/mol. The molecular formula is C16H21BrN4. The van der Waals surface area contributed by atoms with Crippen molar-refractivity contribution in [2.45, 2.75) is 39.5 Å². The number of aromatic nitrogens is 2. The van der Waals surface area contributed by atoms with Crippen LogP contribution in [0.5, 0.6) is 0 Å². The predicted octanol–water partition coefficient (Wildman–Crippen LogP) is 3.16. The third kappa shape index (κ3) is 3.30. The minimum absolute atomic E-state index is 0.488. The van der Waals surface area contributed by atoms with Crippen LogP contribution in [0.2, 0.25) is 0 Å². The SMILES string of the molecule is CC(C)NCc1ccc(Br)cc1N1CCn2ccnc2C1. The molecule has 0 aliphatic carbocycles. The largest absolute Gasteiger partial charge is 0.362 e. The molecule has 0 saturated carbocycles. The van der Waals surface area contributed by atoms with Crippen LogP contribution in [0.15, 0.2) is 35.1 Å². The van der Waals surface area contributed by atoms with Crippen molar-refractivity contribution in [2.24, 2.45) is 0 Å². The molecule has 112 valence electrons. The lowest BCUT2D eigenvalue weighted by molar-refractivity contribution is 0.553. The van der Waals surface area contributed by atoms with Crippen molar-refractivity contribution >= 4 is 21.6 Å². The van der Waals surface area contributed by atoms with Crippen LogP contribution in [0.1, 0.15) is 25.2 Å². The fraction of sp³-hybridized carbons (Fsp3) is 0.438. The number of rotatable bonds is 4. The van der Waals surface area contributed by atoms with Gasteiger partial charge in [-0.15, -0.1) is 0 Å². The Kier molecular flexibility index (Phi) is 4.31. The van der Waals surface area contributed by atoms with Crippen LogP contribution in [0.4, 0.5) is 5.69 Å². The van der Waals surface area contributed by atoms with E-state index < -0.39 is 0 Å². The van der Waals surface area contributed by atoms with E-state index in [9.17, 15) is 0 Å². The maximum Gasteiger partial charge on any atom is 0.128 e. The summed E-state index contributed by atoms with van der Waals surface area (Å²) in [6.45, 7) is 8.14. The maximum absolute atomic E-state index is 4.45. The average molecular weight is 349 g/mol. The third-order valence-corrected chi connectivity index (χ3v) is 4.33. The summed E-state index contributed by atoms with van der Waals surface area (Å²) >= 11 is 3.60. The van der Waals surface area contributed by atoms with Gasteiger partial charge in [-0.1, -0.05) is 35.8 Å². The van der Waals surface area contributed by atoms with Gasteiger partial charge in [-0.25, -0.2) is 4.98 Å². The Morgan fingerprint density at radius 2 is 2.19 bits per heavy atom. The number of nitrogens with one attached hydrogen (secondary N) is 1. The minimum Gasteiger partial charge on any atom is -0.362 e. The number of anilines is 1. The van der Waals surface area contributed by atoms with E-state index in [1.54, 1.807) is 0 Å². The van der Waals surface area contributed by atoms with Gasteiger partial charge in [0.25, 0.3) is 0 Å². The second kappa shape index (κ2) is 6.20. The van der Waals surface area contributed by atoms with Crippen LogP contribution in [-0.2, 0) is 19.6 Å². The van der Waals surface area contributed by atoms with Crippen molar-refractivity contribution in [2.75, 3.05) is 11.4 Å². The van der Waals surface area contributed by atoms with E-state index in [0.717, 1.165) is 36.5 Å². The molecule has 5 heteroatoms. The molecule has 0 bridgehead atoms. The zero-order valence-electron chi connectivity index (χ0n) is 12.5. The highest BCUT2D eigenvalue weighted by Crippen LogP contribution is 2.28. The Hall–Kier alpha value is -1.33. The summed E-state index contributed by atoms with van der Waals surface area (Å²) in [5, 5.41) is 3.51. The van der Waals surface area contributed by atoms with Gasteiger partial charge in [-0.05, 0) is 17.7 Å². The van der Waals surface area contributed by atoms with Gasteiger partial charge in [-0.3, -0.25) is 0 Å². The Morgan fingerprint density at radius 1 is 1.33 bits per heavy atom. The molecular weight excluding hydrogens is 328 g/mol. The highest BCUT2D eigenvalue weighted by molar-refractivity contribution is 9.10. The van der Waals surface area contributed by atoms with E-state index in [2.05, 4.69) is 73.9 Å². The lowest BCUT2D eigenvalue weighted by atomic mass is 10.1. The summed E-state index contributed by atoms with van der Waals surface area (Å²) in [6.07, 6.45) is 3.95. The smallest absolute Gasteiger partial charge is 0.128 e. The Morgan fingerprint density at radius 3 is 3.00 bits per heavy atom. The summed E-state index contributed by atoms with van der Waals surface area (Å²) in [7, 11) is 0. The van der Waals surface area contributed by atoms with Gasteiger partial charge in [0.05, 0.1) is 6.54 Å². The molecule has 0 amide bonds. The summed E-state index contributed by atoms with van der Waals surface area (Å²) in [5.41, 5.74) is 2.64. The first-order valence-corrected chi connectivity index (χ1v) is 8.19. The molecule has 0 atom stereocenters. The molecule has 1 aliphatic heterocycles. The van der Waals surface area contributed by atoms with Crippen LogP contribution >= 0.6 is 15.9 Å². The molecule has 1 N–H and O–H groups in total. The molecule has 1 aliphatic rings. The van der Waals surface area contributed by atoms with Crippen molar-refractivity contribution in [3.63, 3.8) is 0 Å². The lowest BCUT2D eigenvalue weighted by Crippen LogP contribution is -2.34. The normalized spacial score (nSPS) is 14.6. The number of benzene rings is 1. The van der Waals surface area contributed by atoms with Gasteiger partial charge in [0.2, 0.25) is 0 Å². The average Bonchev–Trinajstić information content (AvgIpc) is 2.93. The molecule has 0 fully saturated rings. The molecule has 3 rings (SSSR count). The number of hydrogen-bond donors (Lipinski definition) is 1. The number of halogens is 1. The van der Waals surface area contributed by atoms with Gasteiger partial charge in [0.1, 0.15) is 5.82 Å². The van der Waals surface area contributed by atoms with Crippen molar-refractivity contribution in [3.8, 4) is 0 Å². The highest BCUT2D eigenvalue weighted by atomic mass is 79.9. The lowest BCUT2D eigenvalue weighted by Gasteiger charge is -2.31. The topological polar surface area (TPSA) is 33.1 Å². The molecule has 1 aromatic heterocycles. The maximum atomic E-state index is 4.45. The van der Waals surface area contributed by atoms with Crippen molar-refractivity contribution in [3.05, 3.63) is 46.5 Å². The standard InChI is InChI=1S/C16H21BrN4/c1-12(2)19-10-13-3-4-14(17)9-15(13)21-8-7-20-6-5-18-16(20)11-21/h3-6,9,12,19H,7-8,10-11H2,1-2H3. The van der Waals surface area contributed by atoms with Crippen LogP contribution in [0, 0.1) is 0 Å². The number of hydrogen-bond acceptors (Lipinski definition) is 3. The Labute approximate surface area is 134 Å². The molecule has 2 heterocycles. The van der Waals surface area contributed by atoms with Crippen LogP contribution in [-0.4, -0.2) is 22.1 Å². The van der Waals surface area contributed by atoms with Crippen molar-refractivity contribution in [1.82, 2.24) is 14.9 Å². The Balaban J connectivity index is 1.85. The molecule has 0 unspecified atom stereocenters. The monoisotopic (exact) mass is 348 g/mol. The van der Waals surface area contributed by atoms with Gasteiger partial charge in [0, 0.05) is 48.2 Å². The van der Waals surface area contributed by atoms with Gasteiger partial charge in [0.15, 0.2) is 0 Å². The first kappa shape index (κ1) is 14.6. The van der Waals surface area contributed by atoms with Gasteiger partial charge < -0.3 is 14.8 Å². The number of nitrogens with zero attached hydrogens (tertiary/aromatic N) is 3. The molecule has 4 nitrogen and oxygen atoms in total. The van der Waals surface area contributed by atoms with Crippen molar-refractivity contribution < 1.29 is 0 Å². The number of fused-ring (bicyclic) bond motifs is 1. The highest BCUT2D eigenvalue weighted by Gasteiger charge is 2.19. The molecule has 0 radical (unpaired) electrons.